The van der Waals surface area contributed by atoms with Crippen LogP contribution >= 0.6 is 11.3 Å². The number of rotatable bonds is 6. The normalized spacial score (nSPS) is 30.8. The lowest BCUT2D eigenvalue weighted by Gasteiger charge is -2.40. The van der Waals surface area contributed by atoms with Crippen molar-refractivity contribution in [3.8, 4) is 0 Å². The van der Waals surface area contributed by atoms with E-state index in [9.17, 15) is 0 Å². The van der Waals surface area contributed by atoms with Gasteiger partial charge in [-0.2, -0.15) is 0 Å². The van der Waals surface area contributed by atoms with Crippen molar-refractivity contribution in [1.82, 2.24) is 5.32 Å². The maximum absolute atomic E-state index is 6.10. The SMILES string of the molecule is CCCNC(Cc1cccs1)C1CCOC2(CCOC2)C1. The first-order valence-corrected chi connectivity index (χ1v) is 9.17. The highest BCUT2D eigenvalue weighted by Gasteiger charge is 2.42. The minimum Gasteiger partial charge on any atom is -0.378 e. The third-order valence-electron chi connectivity index (χ3n) is 4.82. The van der Waals surface area contributed by atoms with Crippen molar-refractivity contribution in [2.24, 2.45) is 5.92 Å². The largest absolute Gasteiger partial charge is 0.378 e. The summed E-state index contributed by atoms with van der Waals surface area (Å²) in [4.78, 5) is 1.49. The molecule has 0 aliphatic carbocycles. The van der Waals surface area contributed by atoms with Crippen LogP contribution < -0.4 is 5.32 Å². The molecule has 21 heavy (non-hydrogen) atoms. The van der Waals surface area contributed by atoms with E-state index in [1.165, 1.54) is 17.7 Å². The van der Waals surface area contributed by atoms with E-state index in [2.05, 4.69) is 29.8 Å². The highest BCUT2D eigenvalue weighted by atomic mass is 32.1. The van der Waals surface area contributed by atoms with Gasteiger partial charge in [-0.3, -0.25) is 0 Å². The van der Waals surface area contributed by atoms with Gasteiger partial charge in [0.25, 0.3) is 0 Å². The van der Waals surface area contributed by atoms with E-state index in [1.54, 1.807) is 0 Å². The predicted molar refractivity (Wildman–Crippen MR) is 86.9 cm³/mol. The molecule has 2 aliphatic rings. The first-order valence-electron chi connectivity index (χ1n) is 8.29. The van der Waals surface area contributed by atoms with Gasteiger partial charge in [-0.1, -0.05) is 13.0 Å². The van der Waals surface area contributed by atoms with Crippen molar-refractivity contribution in [3.63, 3.8) is 0 Å². The highest BCUT2D eigenvalue weighted by molar-refractivity contribution is 7.09. The molecule has 3 heterocycles. The Morgan fingerprint density at radius 2 is 2.43 bits per heavy atom. The third-order valence-corrected chi connectivity index (χ3v) is 5.72. The van der Waals surface area contributed by atoms with E-state index < -0.39 is 0 Å². The van der Waals surface area contributed by atoms with Crippen molar-refractivity contribution in [2.45, 2.75) is 50.7 Å². The molecule has 0 amide bonds. The van der Waals surface area contributed by atoms with Gasteiger partial charge >= 0.3 is 0 Å². The Bertz CT molecular complexity index is 414. The molecule has 118 valence electrons. The fourth-order valence-corrected chi connectivity index (χ4v) is 4.42. The summed E-state index contributed by atoms with van der Waals surface area (Å²) in [5.41, 5.74) is 0.0184. The lowest BCUT2D eigenvalue weighted by atomic mass is 9.80. The maximum atomic E-state index is 6.10. The minimum absolute atomic E-state index is 0.0184. The van der Waals surface area contributed by atoms with Gasteiger partial charge < -0.3 is 14.8 Å². The zero-order chi connectivity index (χ0) is 14.5. The first kappa shape index (κ1) is 15.5. The van der Waals surface area contributed by atoms with E-state index in [-0.39, 0.29) is 5.60 Å². The Labute approximate surface area is 132 Å². The molecule has 3 rings (SSSR count). The van der Waals surface area contributed by atoms with E-state index >= 15 is 0 Å². The molecule has 0 saturated carbocycles. The van der Waals surface area contributed by atoms with Crippen molar-refractivity contribution in [2.75, 3.05) is 26.4 Å². The van der Waals surface area contributed by atoms with Crippen LogP contribution in [0.25, 0.3) is 0 Å². The Kier molecular flexibility index (Phi) is 5.33. The van der Waals surface area contributed by atoms with Crippen molar-refractivity contribution >= 4 is 11.3 Å². The fraction of sp³-hybridized carbons (Fsp3) is 0.765. The van der Waals surface area contributed by atoms with Crippen molar-refractivity contribution < 1.29 is 9.47 Å². The van der Waals surface area contributed by atoms with Gasteiger partial charge in [0.2, 0.25) is 0 Å². The summed E-state index contributed by atoms with van der Waals surface area (Å²) in [6, 6.07) is 5.00. The molecular formula is C17H27NO2S. The van der Waals surface area contributed by atoms with Crippen molar-refractivity contribution in [3.05, 3.63) is 22.4 Å². The number of nitrogens with one attached hydrogen (secondary N) is 1. The summed E-state index contributed by atoms with van der Waals surface area (Å²) < 4.78 is 11.7. The number of thiophene rings is 1. The number of hydrogen-bond donors (Lipinski definition) is 1. The van der Waals surface area contributed by atoms with Crippen LogP contribution in [0.15, 0.2) is 17.5 Å². The van der Waals surface area contributed by atoms with Crippen LogP contribution in [0.3, 0.4) is 0 Å². The summed E-state index contributed by atoms with van der Waals surface area (Å²) >= 11 is 1.88. The molecule has 3 nitrogen and oxygen atoms in total. The van der Waals surface area contributed by atoms with Crippen LogP contribution in [0.5, 0.6) is 0 Å². The van der Waals surface area contributed by atoms with Crippen molar-refractivity contribution in [1.29, 1.82) is 0 Å². The molecule has 1 aromatic heterocycles. The fourth-order valence-electron chi connectivity index (χ4n) is 3.65. The Morgan fingerprint density at radius 3 is 3.14 bits per heavy atom. The molecule has 0 bridgehead atoms. The van der Waals surface area contributed by atoms with E-state index in [1.807, 2.05) is 11.3 Å². The van der Waals surface area contributed by atoms with E-state index in [0.29, 0.717) is 12.0 Å². The zero-order valence-corrected chi connectivity index (χ0v) is 13.8. The average molecular weight is 309 g/mol. The quantitative estimate of drug-likeness (QED) is 0.875. The van der Waals surface area contributed by atoms with Gasteiger partial charge in [-0.25, -0.2) is 0 Å². The number of hydrogen-bond acceptors (Lipinski definition) is 4. The summed E-state index contributed by atoms with van der Waals surface area (Å²) in [5, 5.41) is 5.98. The van der Waals surface area contributed by atoms with Gasteiger partial charge in [0, 0.05) is 30.6 Å². The van der Waals surface area contributed by atoms with Gasteiger partial charge in [-0.15, -0.1) is 11.3 Å². The molecular weight excluding hydrogens is 282 g/mol. The van der Waals surface area contributed by atoms with Crippen LogP contribution in [0.1, 0.15) is 37.5 Å². The monoisotopic (exact) mass is 309 g/mol. The highest BCUT2D eigenvalue weighted by Crippen LogP contribution is 2.37. The molecule has 2 saturated heterocycles. The minimum atomic E-state index is 0.0184. The molecule has 1 N–H and O–H groups in total. The molecule has 1 aromatic rings. The summed E-state index contributed by atoms with van der Waals surface area (Å²) in [6.45, 7) is 5.90. The van der Waals surface area contributed by atoms with Crippen LogP contribution in [0.2, 0.25) is 0 Å². The lowest BCUT2D eigenvalue weighted by molar-refractivity contribution is -0.103. The van der Waals surface area contributed by atoms with Crippen LogP contribution in [0, 0.1) is 5.92 Å². The molecule has 2 fully saturated rings. The van der Waals surface area contributed by atoms with E-state index in [4.69, 9.17) is 9.47 Å². The molecule has 2 aliphatic heterocycles. The van der Waals surface area contributed by atoms with Crippen LogP contribution in [-0.4, -0.2) is 38.0 Å². The molecule has 3 atom stereocenters. The second kappa shape index (κ2) is 7.23. The Hall–Kier alpha value is -0.420. The Balaban J connectivity index is 1.66. The zero-order valence-electron chi connectivity index (χ0n) is 13.0. The molecule has 1 spiro atoms. The molecule has 0 radical (unpaired) electrons. The summed E-state index contributed by atoms with van der Waals surface area (Å²) in [6.07, 6.45) is 5.74. The molecule has 4 heteroatoms. The van der Waals surface area contributed by atoms with E-state index in [0.717, 1.165) is 45.6 Å². The third kappa shape index (κ3) is 3.86. The first-order chi connectivity index (χ1) is 10.3. The van der Waals surface area contributed by atoms with Crippen LogP contribution in [0.4, 0.5) is 0 Å². The van der Waals surface area contributed by atoms with Gasteiger partial charge in [0.05, 0.1) is 12.2 Å². The van der Waals surface area contributed by atoms with Crippen LogP contribution in [-0.2, 0) is 15.9 Å². The van der Waals surface area contributed by atoms with Gasteiger partial charge in [0.1, 0.15) is 0 Å². The molecule has 3 unspecified atom stereocenters. The topological polar surface area (TPSA) is 30.5 Å². The summed E-state index contributed by atoms with van der Waals surface area (Å²) in [5.74, 6) is 0.703. The second-order valence-electron chi connectivity index (χ2n) is 6.43. The lowest BCUT2D eigenvalue weighted by Crippen LogP contribution is -2.48. The average Bonchev–Trinajstić information content (AvgIpc) is 3.16. The standard InChI is InChI=1S/C17H27NO2S/c1-2-7-18-16(11-15-4-3-10-21-15)14-5-8-20-17(12-14)6-9-19-13-17/h3-4,10,14,16,18H,2,5-9,11-13H2,1H3. The number of ether oxygens (including phenoxy) is 2. The smallest absolute Gasteiger partial charge is 0.0939 e. The van der Waals surface area contributed by atoms with Gasteiger partial charge in [0.15, 0.2) is 0 Å². The Morgan fingerprint density at radius 1 is 1.48 bits per heavy atom. The maximum Gasteiger partial charge on any atom is 0.0939 e. The summed E-state index contributed by atoms with van der Waals surface area (Å²) in [7, 11) is 0. The second-order valence-corrected chi connectivity index (χ2v) is 7.46. The van der Waals surface area contributed by atoms with Gasteiger partial charge in [-0.05, 0) is 49.6 Å². The predicted octanol–water partition coefficient (Wildman–Crippen LogP) is 3.24. The molecule has 0 aromatic carbocycles.